The van der Waals surface area contributed by atoms with Gasteiger partial charge in [-0.15, -0.1) is 0 Å². The fraction of sp³-hybridized carbons (Fsp3) is 0.368. The lowest BCUT2D eigenvalue weighted by Gasteiger charge is -2.22. The zero-order chi connectivity index (χ0) is 19.8. The van der Waals surface area contributed by atoms with Crippen molar-refractivity contribution in [2.24, 2.45) is 0 Å². The van der Waals surface area contributed by atoms with Gasteiger partial charge < -0.3 is 9.47 Å². The van der Waals surface area contributed by atoms with Crippen LogP contribution in [0.25, 0.3) is 0 Å². The third kappa shape index (κ3) is 4.12. The average molecular weight is 391 g/mol. The number of nitro benzene ring substituents is 1. The highest BCUT2D eigenvalue weighted by Gasteiger charge is 2.33. The lowest BCUT2D eigenvalue weighted by Crippen LogP contribution is -2.17. The Morgan fingerprint density at radius 1 is 1.19 bits per heavy atom. The molecular weight excluding hydrogens is 370 g/mol. The lowest BCUT2D eigenvalue weighted by atomic mass is 9.87. The Hall–Kier alpha value is -2.45. The predicted octanol–water partition coefficient (Wildman–Crippen LogP) is 3.50. The van der Waals surface area contributed by atoms with Crippen LogP contribution in [0.4, 0.5) is 5.69 Å². The Kier molecular flexibility index (Phi) is 4.96. The van der Waals surface area contributed by atoms with Crippen molar-refractivity contribution in [3.05, 3.63) is 58.1 Å². The number of nitro groups is 1. The summed E-state index contributed by atoms with van der Waals surface area (Å²) in [6, 6.07) is 10.3. The molecule has 0 spiro atoms. The highest BCUT2D eigenvalue weighted by atomic mass is 32.2. The van der Waals surface area contributed by atoms with Crippen molar-refractivity contribution in [3.8, 4) is 5.75 Å². The summed E-state index contributed by atoms with van der Waals surface area (Å²) in [5.41, 5.74) is -0.332. The fourth-order valence-corrected chi connectivity index (χ4v) is 4.59. The quantitative estimate of drug-likeness (QED) is 0.424. The van der Waals surface area contributed by atoms with Crippen molar-refractivity contribution in [1.29, 1.82) is 0 Å². The number of epoxide rings is 1. The molecule has 1 unspecified atom stereocenters. The summed E-state index contributed by atoms with van der Waals surface area (Å²) in [4.78, 5) is 10.4. The summed E-state index contributed by atoms with van der Waals surface area (Å²) in [6.07, 6.45) is -0.0122. The lowest BCUT2D eigenvalue weighted by molar-refractivity contribution is -0.387. The van der Waals surface area contributed by atoms with E-state index in [1.165, 1.54) is 18.2 Å². The first-order chi connectivity index (χ1) is 12.6. The number of nitrogens with zero attached hydrogens (tertiary/aromatic N) is 1. The van der Waals surface area contributed by atoms with E-state index in [4.69, 9.17) is 9.47 Å². The van der Waals surface area contributed by atoms with E-state index < -0.39 is 25.9 Å². The number of hydrogen-bond donors (Lipinski definition) is 0. The molecule has 3 rings (SSSR count). The van der Waals surface area contributed by atoms with Gasteiger partial charge in [-0.3, -0.25) is 10.1 Å². The van der Waals surface area contributed by atoms with Gasteiger partial charge in [0.1, 0.15) is 18.5 Å². The van der Waals surface area contributed by atoms with Gasteiger partial charge in [0, 0.05) is 12.1 Å². The molecule has 1 aliphatic rings. The van der Waals surface area contributed by atoms with Crippen molar-refractivity contribution < 1.29 is 22.8 Å². The molecule has 0 radical (unpaired) electrons. The van der Waals surface area contributed by atoms with Crippen LogP contribution in [0.5, 0.6) is 5.75 Å². The highest BCUT2D eigenvalue weighted by molar-refractivity contribution is 7.91. The fourth-order valence-electron chi connectivity index (χ4n) is 2.74. The van der Waals surface area contributed by atoms with E-state index in [0.29, 0.717) is 12.2 Å². The van der Waals surface area contributed by atoms with Crippen LogP contribution >= 0.6 is 0 Å². The van der Waals surface area contributed by atoms with E-state index in [1.807, 2.05) is 20.8 Å². The zero-order valence-electron chi connectivity index (χ0n) is 15.3. The van der Waals surface area contributed by atoms with Gasteiger partial charge in [0.15, 0.2) is 4.90 Å². The molecule has 27 heavy (non-hydrogen) atoms. The SMILES string of the molecule is CC(C)(C)c1ccccc1S(=O)(=O)c1cc(OCC2CO2)ccc1[N+](=O)[O-]. The van der Waals surface area contributed by atoms with Crippen LogP contribution in [0, 0.1) is 10.1 Å². The smallest absolute Gasteiger partial charge is 0.288 e. The molecule has 0 saturated carbocycles. The number of benzene rings is 2. The molecule has 0 aliphatic carbocycles. The van der Waals surface area contributed by atoms with Crippen LogP contribution in [0.1, 0.15) is 26.3 Å². The van der Waals surface area contributed by atoms with Gasteiger partial charge in [-0.1, -0.05) is 39.0 Å². The van der Waals surface area contributed by atoms with Crippen molar-refractivity contribution >= 4 is 15.5 Å². The number of ether oxygens (including phenoxy) is 2. The topological polar surface area (TPSA) is 99.0 Å². The Bertz CT molecular complexity index is 974. The van der Waals surface area contributed by atoms with Gasteiger partial charge in [-0.05, 0) is 23.1 Å². The van der Waals surface area contributed by atoms with Gasteiger partial charge in [0.05, 0.1) is 16.4 Å². The van der Waals surface area contributed by atoms with E-state index in [-0.39, 0.29) is 28.3 Å². The minimum atomic E-state index is -4.13. The molecule has 1 atom stereocenters. The highest BCUT2D eigenvalue weighted by Crippen LogP contribution is 2.37. The van der Waals surface area contributed by atoms with Gasteiger partial charge in [-0.2, -0.15) is 0 Å². The summed E-state index contributed by atoms with van der Waals surface area (Å²) in [7, 11) is -4.13. The van der Waals surface area contributed by atoms with Crippen LogP contribution in [0.15, 0.2) is 52.3 Å². The first kappa shape index (κ1) is 19.3. The van der Waals surface area contributed by atoms with Crippen molar-refractivity contribution in [1.82, 2.24) is 0 Å². The van der Waals surface area contributed by atoms with Crippen LogP contribution < -0.4 is 4.74 Å². The van der Waals surface area contributed by atoms with Crippen LogP contribution in [-0.4, -0.2) is 32.7 Å². The average Bonchev–Trinajstić information content (AvgIpc) is 3.43. The molecule has 0 amide bonds. The van der Waals surface area contributed by atoms with Gasteiger partial charge >= 0.3 is 0 Å². The molecule has 0 bridgehead atoms. The molecule has 1 fully saturated rings. The summed E-state index contributed by atoms with van der Waals surface area (Å²) in [5, 5.41) is 11.4. The monoisotopic (exact) mass is 391 g/mol. The summed E-state index contributed by atoms with van der Waals surface area (Å²) >= 11 is 0. The van der Waals surface area contributed by atoms with E-state index in [2.05, 4.69) is 0 Å². The van der Waals surface area contributed by atoms with Crippen molar-refractivity contribution in [2.45, 2.75) is 42.1 Å². The first-order valence-corrected chi connectivity index (χ1v) is 9.96. The van der Waals surface area contributed by atoms with E-state index in [9.17, 15) is 18.5 Å². The summed E-state index contributed by atoms with van der Waals surface area (Å²) < 4.78 is 37.3. The molecule has 2 aromatic rings. The minimum absolute atomic E-state index is 0.0122. The second kappa shape index (κ2) is 6.94. The maximum Gasteiger partial charge on any atom is 0.288 e. The molecule has 1 saturated heterocycles. The van der Waals surface area contributed by atoms with E-state index >= 15 is 0 Å². The minimum Gasteiger partial charge on any atom is -0.491 e. The Morgan fingerprint density at radius 3 is 2.44 bits per heavy atom. The van der Waals surface area contributed by atoms with Crippen molar-refractivity contribution in [2.75, 3.05) is 13.2 Å². The predicted molar refractivity (Wildman–Crippen MR) is 98.9 cm³/mol. The number of sulfone groups is 1. The molecule has 0 N–H and O–H groups in total. The largest absolute Gasteiger partial charge is 0.491 e. The van der Waals surface area contributed by atoms with E-state index in [0.717, 1.165) is 6.07 Å². The molecule has 144 valence electrons. The standard InChI is InChI=1S/C19H21NO6S/c1-19(2,3)15-6-4-5-7-17(15)27(23,24)18-10-13(25-11-14-12-26-14)8-9-16(18)20(21)22/h4-10,14H,11-12H2,1-3H3. The third-order valence-electron chi connectivity index (χ3n) is 4.24. The summed E-state index contributed by atoms with van der Waals surface area (Å²) in [5.74, 6) is 0.253. The zero-order valence-corrected chi connectivity index (χ0v) is 16.2. The molecule has 8 heteroatoms. The van der Waals surface area contributed by atoms with Gasteiger partial charge in [0.2, 0.25) is 9.84 Å². The maximum absolute atomic E-state index is 13.3. The molecule has 1 heterocycles. The normalized spacial score (nSPS) is 16.8. The number of rotatable bonds is 6. The second-order valence-corrected chi connectivity index (χ2v) is 9.29. The first-order valence-electron chi connectivity index (χ1n) is 8.48. The van der Waals surface area contributed by atoms with Crippen molar-refractivity contribution in [3.63, 3.8) is 0 Å². The van der Waals surface area contributed by atoms with Crippen LogP contribution in [0.3, 0.4) is 0 Å². The Labute approximate surface area is 158 Å². The summed E-state index contributed by atoms with van der Waals surface area (Å²) in [6.45, 7) is 6.55. The van der Waals surface area contributed by atoms with Gasteiger partial charge in [-0.25, -0.2) is 8.42 Å². The third-order valence-corrected chi connectivity index (χ3v) is 6.08. The number of hydrogen-bond acceptors (Lipinski definition) is 6. The maximum atomic E-state index is 13.3. The molecule has 2 aromatic carbocycles. The second-order valence-electron chi connectivity index (χ2n) is 7.40. The Balaban J connectivity index is 2.12. The molecular formula is C19H21NO6S. The Morgan fingerprint density at radius 2 is 1.85 bits per heavy atom. The van der Waals surface area contributed by atoms with Crippen LogP contribution in [0.2, 0.25) is 0 Å². The molecule has 7 nitrogen and oxygen atoms in total. The van der Waals surface area contributed by atoms with Crippen LogP contribution in [-0.2, 0) is 20.0 Å². The molecule has 0 aromatic heterocycles. The van der Waals surface area contributed by atoms with E-state index in [1.54, 1.807) is 18.2 Å². The van der Waals surface area contributed by atoms with Gasteiger partial charge in [0.25, 0.3) is 5.69 Å². The molecule has 1 aliphatic heterocycles.